The number of rotatable bonds is 4. The first kappa shape index (κ1) is 14.1. The molecule has 0 rings (SSSR count). The van der Waals surface area contributed by atoms with Crippen LogP contribution >= 0.6 is 8.25 Å². The van der Waals surface area contributed by atoms with Crippen molar-refractivity contribution in [2.75, 3.05) is 7.11 Å². The number of hydrogen-bond donors (Lipinski definition) is 0. The van der Waals surface area contributed by atoms with E-state index in [1.807, 2.05) is 6.92 Å². The molecule has 0 N–H and O–H groups in total. The second-order valence-electron chi connectivity index (χ2n) is 1.62. The molecule has 0 amide bonds. The summed E-state index contributed by atoms with van der Waals surface area (Å²) in [5, 5.41) is 0. The van der Waals surface area contributed by atoms with E-state index in [0.717, 1.165) is 0 Å². The van der Waals surface area contributed by atoms with Crippen molar-refractivity contribution in [1.82, 2.24) is 0 Å². The van der Waals surface area contributed by atoms with Crippen molar-refractivity contribution in [3.8, 4) is 0 Å². The Kier molecular flexibility index (Phi) is 11.0. The molecule has 0 aliphatic heterocycles. The zero-order chi connectivity index (χ0) is 7.98. The van der Waals surface area contributed by atoms with Gasteiger partial charge in [0.1, 0.15) is 0 Å². The van der Waals surface area contributed by atoms with Crippen molar-refractivity contribution >= 4 is 14.2 Å². The maximum absolute atomic E-state index is 10.5. The average Bonchev–Trinajstić information content (AvgIpc) is 1.88. The summed E-state index contributed by atoms with van der Waals surface area (Å²) in [6, 6.07) is 0. The third-order valence-corrected chi connectivity index (χ3v) is 1.43. The van der Waals surface area contributed by atoms with E-state index in [4.69, 9.17) is 0 Å². The Bertz CT molecular complexity index is 143. The van der Waals surface area contributed by atoms with E-state index in [1.54, 1.807) is 0 Å². The molecule has 0 spiro atoms. The quantitative estimate of drug-likeness (QED) is 0.409. The maximum atomic E-state index is 10.5. The van der Waals surface area contributed by atoms with E-state index in [1.165, 1.54) is 7.11 Å². The van der Waals surface area contributed by atoms with Crippen LogP contribution in [0.1, 0.15) is 21.2 Å². The molecule has 0 aliphatic rings. The fourth-order valence-corrected chi connectivity index (χ4v) is 0.702. The molecule has 0 heterocycles. The van der Waals surface area contributed by atoms with Crippen LogP contribution in [0.25, 0.3) is 0 Å². The van der Waals surface area contributed by atoms with E-state index in [-0.39, 0.29) is 37.4 Å². The molecule has 0 aromatic heterocycles. The minimum Gasteiger partial charge on any atom is -1.00 e. The number of hydrogen-bond acceptors (Lipinski definition) is 4. The Hall–Kier alpha value is 0.530. The molecule has 1 unspecified atom stereocenters. The summed E-state index contributed by atoms with van der Waals surface area (Å²) in [6.07, 6.45) is 0.968. The molecular formula is C5H11NaO4P+. The first-order valence-electron chi connectivity index (χ1n) is 2.92. The molecule has 4 nitrogen and oxygen atoms in total. The Balaban J connectivity index is -0.000000405. The van der Waals surface area contributed by atoms with Crippen LogP contribution in [0.15, 0.2) is 0 Å². The summed E-state index contributed by atoms with van der Waals surface area (Å²) in [5.74, 6) is -0.481. The second kappa shape index (κ2) is 8.62. The van der Waals surface area contributed by atoms with Crippen molar-refractivity contribution in [2.45, 2.75) is 19.8 Å². The Morgan fingerprint density at radius 1 is 1.64 bits per heavy atom. The summed E-state index contributed by atoms with van der Waals surface area (Å²) in [5.41, 5.74) is 0. The average molecular weight is 189 g/mol. The monoisotopic (exact) mass is 189 g/mol. The summed E-state index contributed by atoms with van der Waals surface area (Å²) in [7, 11) is -1.01. The molecule has 0 fully saturated rings. The molecule has 11 heavy (non-hydrogen) atoms. The van der Waals surface area contributed by atoms with Gasteiger partial charge in [0.2, 0.25) is 0 Å². The van der Waals surface area contributed by atoms with Gasteiger partial charge in [0.05, 0.1) is 13.5 Å². The molecule has 0 radical (unpaired) electrons. The summed E-state index contributed by atoms with van der Waals surface area (Å²) in [6.45, 7) is 1.83. The van der Waals surface area contributed by atoms with Crippen molar-refractivity contribution in [3.63, 3.8) is 0 Å². The Morgan fingerprint density at radius 2 is 2.18 bits per heavy atom. The fourth-order valence-electron chi connectivity index (χ4n) is 0.370. The van der Waals surface area contributed by atoms with E-state index < -0.39 is 14.2 Å². The Morgan fingerprint density at radius 3 is 2.55 bits per heavy atom. The molecule has 0 aliphatic carbocycles. The number of carbonyl (C=O) groups excluding carboxylic acids is 1. The van der Waals surface area contributed by atoms with Crippen LogP contribution in [0.2, 0.25) is 0 Å². The molecule has 0 aromatic carbocycles. The summed E-state index contributed by atoms with van der Waals surface area (Å²) in [4.78, 5) is 10.5. The zero-order valence-electron chi connectivity index (χ0n) is 7.99. The van der Waals surface area contributed by atoms with E-state index in [0.29, 0.717) is 6.42 Å². The topological polar surface area (TPSA) is 52.6 Å². The van der Waals surface area contributed by atoms with Crippen LogP contribution in [0.5, 0.6) is 0 Å². The summed E-state index contributed by atoms with van der Waals surface area (Å²) < 4.78 is 18.9. The first-order chi connectivity index (χ1) is 4.70. The van der Waals surface area contributed by atoms with Crippen LogP contribution in [0, 0.1) is 0 Å². The van der Waals surface area contributed by atoms with E-state index in [2.05, 4.69) is 9.05 Å². The van der Waals surface area contributed by atoms with Gasteiger partial charge in [-0.25, -0.2) is 4.79 Å². The molecule has 0 saturated carbocycles. The molecule has 0 bridgehead atoms. The van der Waals surface area contributed by atoms with Crippen LogP contribution in [0.4, 0.5) is 0 Å². The maximum Gasteiger partial charge on any atom is 1.00 e. The van der Waals surface area contributed by atoms with Gasteiger partial charge in [-0.3, -0.25) is 0 Å². The standard InChI is InChI=1S/C5H10O4P.Na.H/c1-3-4-5(6)9-10(7)8-2;;/h3-4H2,1-2H3;;/q2*+1;-1. The van der Waals surface area contributed by atoms with Gasteiger partial charge in [0.15, 0.2) is 0 Å². The Labute approximate surface area is 90.4 Å². The minimum absolute atomic E-state index is 0. The van der Waals surface area contributed by atoms with Gasteiger partial charge in [-0.05, 0) is 6.42 Å². The molecule has 6 heteroatoms. The van der Waals surface area contributed by atoms with Crippen molar-refractivity contribution in [2.24, 2.45) is 0 Å². The van der Waals surface area contributed by atoms with Gasteiger partial charge < -0.3 is 1.43 Å². The van der Waals surface area contributed by atoms with Gasteiger partial charge in [-0.1, -0.05) is 6.92 Å². The second-order valence-corrected chi connectivity index (χ2v) is 2.61. The zero-order valence-corrected chi connectivity index (χ0v) is 9.89. The van der Waals surface area contributed by atoms with Crippen molar-refractivity contribution < 1.29 is 49.4 Å². The van der Waals surface area contributed by atoms with Gasteiger partial charge in [-0.15, -0.1) is 4.52 Å². The fraction of sp³-hybridized carbons (Fsp3) is 0.800. The van der Waals surface area contributed by atoms with Gasteiger partial charge in [0.25, 0.3) is 0 Å². The smallest absolute Gasteiger partial charge is 1.00 e. The van der Waals surface area contributed by atoms with Crippen molar-refractivity contribution in [1.29, 1.82) is 0 Å². The predicted octanol–water partition coefficient (Wildman–Crippen LogP) is -1.25. The van der Waals surface area contributed by atoms with Gasteiger partial charge >= 0.3 is 43.8 Å². The van der Waals surface area contributed by atoms with Crippen LogP contribution in [0.3, 0.4) is 0 Å². The summed E-state index contributed by atoms with van der Waals surface area (Å²) >= 11 is 0. The van der Waals surface area contributed by atoms with E-state index >= 15 is 0 Å². The molecule has 60 valence electrons. The molecule has 0 saturated heterocycles. The third kappa shape index (κ3) is 8.44. The van der Waals surface area contributed by atoms with Crippen LogP contribution in [-0.2, 0) is 18.4 Å². The van der Waals surface area contributed by atoms with Crippen LogP contribution in [-0.4, -0.2) is 13.1 Å². The van der Waals surface area contributed by atoms with E-state index in [9.17, 15) is 9.36 Å². The number of carbonyl (C=O) groups is 1. The molecular weight excluding hydrogens is 178 g/mol. The largest absolute Gasteiger partial charge is 1.00 e. The van der Waals surface area contributed by atoms with Crippen molar-refractivity contribution in [3.05, 3.63) is 0 Å². The molecule has 1 atom stereocenters. The first-order valence-corrected chi connectivity index (χ1v) is 4.02. The van der Waals surface area contributed by atoms with Gasteiger partial charge in [-0.2, -0.15) is 4.52 Å². The normalized spacial score (nSPS) is 9.82. The molecule has 0 aromatic rings. The minimum atomic E-state index is -2.23. The van der Waals surface area contributed by atoms with Gasteiger partial charge in [0, 0.05) is 4.57 Å². The predicted molar refractivity (Wildman–Crippen MR) is 36.7 cm³/mol. The SMILES string of the molecule is CCCC(=O)O[P+](=O)OC.[H-].[Na+]. The van der Waals surface area contributed by atoms with Crippen LogP contribution < -0.4 is 29.6 Å². The third-order valence-electron chi connectivity index (χ3n) is 0.780.